The number of ether oxygens (including phenoxy) is 1. The Hall–Kier alpha value is -2.00. The summed E-state index contributed by atoms with van der Waals surface area (Å²) in [6, 6.07) is 7.50. The molecule has 0 atom stereocenters. The van der Waals surface area contributed by atoms with Crippen molar-refractivity contribution in [2.45, 2.75) is 29.4 Å². The zero-order chi connectivity index (χ0) is 18.7. The summed E-state index contributed by atoms with van der Waals surface area (Å²) >= 11 is 0.920. The fourth-order valence-electron chi connectivity index (χ4n) is 3.22. The number of hydrogen-bond donors (Lipinski definition) is 0. The highest BCUT2D eigenvalue weighted by molar-refractivity contribution is 7.92. The predicted octanol–water partition coefficient (Wildman–Crippen LogP) is 1.90. The van der Waals surface area contributed by atoms with E-state index < -0.39 is 9.84 Å². The molecule has 1 aromatic carbocycles. The van der Waals surface area contributed by atoms with E-state index in [1.54, 1.807) is 7.11 Å². The molecule has 2 heterocycles. The third kappa shape index (κ3) is 4.04. The summed E-state index contributed by atoms with van der Waals surface area (Å²) in [4.78, 5) is 14.4. The molecule has 1 fully saturated rings. The highest BCUT2D eigenvalue weighted by atomic mass is 32.2. The molecule has 0 unspecified atom stereocenters. The quantitative estimate of drug-likeness (QED) is 0.768. The normalized spacial score (nSPS) is 15.8. The Morgan fingerprint density at radius 3 is 2.65 bits per heavy atom. The first kappa shape index (κ1) is 18.8. The second-order valence-corrected chi connectivity index (χ2v) is 9.33. The molecule has 0 radical (unpaired) electrons. The van der Waals surface area contributed by atoms with Gasteiger partial charge in [0.1, 0.15) is 5.75 Å². The Morgan fingerprint density at radius 1 is 1.31 bits per heavy atom. The van der Waals surface area contributed by atoms with Crippen LogP contribution in [0.2, 0.25) is 0 Å². The van der Waals surface area contributed by atoms with Crippen LogP contribution < -0.4 is 4.74 Å². The topological polar surface area (TPSA) is 89.5 Å². The summed E-state index contributed by atoms with van der Waals surface area (Å²) in [6.45, 7) is 1.17. The predicted molar refractivity (Wildman–Crippen MR) is 98.3 cm³/mol. The zero-order valence-electron chi connectivity index (χ0n) is 14.7. The third-order valence-electron chi connectivity index (χ3n) is 4.59. The summed E-state index contributed by atoms with van der Waals surface area (Å²) in [5, 5.41) is 4.04. The molecular weight excluding hydrogens is 374 g/mol. The van der Waals surface area contributed by atoms with Gasteiger partial charge in [-0.15, -0.1) is 5.10 Å². The van der Waals surface area contributed by atoms with Gasteiger partial charge < -0.3 is 9.64 Å². The Labute approximate surface area is 157 Å². The van der Waals surface area contributed by atoms with Crippen molar-refractivity contribution < 1.29 is 17.9 Å². The minimum absolute atomic E-state index is 0.0220. The van der Waals surface area contributed by atoms with Crippen LogP contribution in [0.15, 0.2) is 28.5 Å². The minimum Gasteiger partial charge on any atom is -0.496 e. The monoisotopic (exact) mass is 395 g/mol. The highest BCUT2D eigenvalue weighted by Crippen LogP contribution is 2.33. The van der Waals surface area contributed by atoms with Crippen LogP contribution in [0.1, 0.15) is 30.0 Å². The number of sulfone groups is 1. The number of para-hydroxylation sites is 1. The van der Waals surface area contributed by atoms with E-state index in [9.17, 15) is 13.2 Å². The van der Waals surface area contributed by atoms with Crippen LogP contribution in [0.25, 0.3) is 0 Å². The summed E-state index contributed by atoms with van der Waals surface area (Å²) < 4.78 is 33.1. The van der Waals surface area contributed by atoms with Gasteiger partial charge in [-0.2, -0.15) is 0 Å². The Kier molecular flexibility index (Phi) is 5.57. The minimum atomic E-state index is -3.32. The molecule has 0 spiro atoms. The van der Waals surface area contributed by atoms with E-state index in [1.165, 1.54) is 6.26 Å². The molecule has 26 heavy (non-hydrogen) atoms. The fourth-order valence-corrected chi connectivity index (χ4v) is 4.95. The van der Waals surface area contributed by atoms with Crippen LogP contribution in [-0.2, 0) is 21.1 Å². The molecule has 1 aliphatic rings. The van der Waals surface area contributed by atoms with Crippen molar-refractivity contribution in [1.82, 2.24) is 14.5 Å². The maximum absolute atomic E-state index is 12.6. The van der Waals surface area contributed by atoms with Gasteiger partial charge in [0.25, 0.3) is 0 Å². The maximum atomic E-state index is 12.6. The first-order valence-corrected chi connectivity index (χ1v) is 11.0. The van der Waals surface area contributed by atoms with E-state index in [0.717, 1.165) is 17.1 Å². The average molecular weight is 396 g/mol. The van der Waals surface area contributed by atoms with E-state index in [4.69, 9.17) is 4.74 Å². The molecule has 1 saturated heterocycles. The number of methoxy groups -OCH3 is 1. The summed E-state index contributed by atoms with van der Waals surface area (Å²) in [5.74, 6) is 0.781. The van der Waals surface area contributed by atoms with Gasteiger partial charge >= 0.3 is 0 Å². The van der Waals surface area contributed by atoms with E-state index in [1.807, 2.05) is 29.2 Å². The number of likely N-dealkylation sites (tertiary alicyclic amines) is 1. The molecule has 7 nitrogen and oxygen atoms in total. The lowest BCUT2D eigenvalue weighted by molar-refractivity contribution is -0.131. The summed E-state index contributed by atoms with van der Waals surface area (Å²) in [6.07, 6.45) is 2.84. The summed E-state index contributed by atoms with van der Waals surface area (Å²) in [7, 11) is -1.73. The number of rotatable bonds is 5. The van der Waals surface area contributed by atoms with Crippen molar-refractivity contribution in [2.24, 2.45) is 0 Å². The second-order valence-electron chi connectivity index (χ2n) is 6.36. The molecule has 140 valence electrons. The van der Waals surface area contributed by atoms with Crippen LogP contribution in [0.4, 0.5) is 0 Å². The first-order chi connectivity index (χ1) is 12.4. The van der Waals surface area contributed by atoms with Gasteiger partial charge in [-0.25, -0.2) is 8.42 Å². The van der Waals surface area contributed by atoms with Gasteiger partial charge in [0.2, 0.25) is 5.91 Å². The van der Waals surface area contributed by atoms with Crippen LogP contribution in [0, 0.1) is 0 Å². The number of amides is 1. The molecule has 0 aliphatic carbocycles. The van der Waals surface area contributed by atoms with Crippen LogP contribution in [0.3, 0.4) is 0 Å². The number of carbonyl (C=O) groups is 1. The van der Waals surface area contributed by atoms with Crippen LogP contribution in [0.5, 0.6) is 5.75 Å². The maximum Gasteiger partial charge on any atom is 0.227 e. The molecule has 1 amide bonds. The van der Waals surface area contributed by atoms with E-state index in [-0.39, 0.29) is 16.0 Å². The molecule has 0 N–H and O–H groups in total. The molecule has 1 aliphatic heterocycles. The van der Waals surface area contributed by atoms with E-state index in [2.05, 4.69) is 9.59 Å². The van der Waals surface area contributed by atoms with Crippen molar-refractivity contribution in [1.29, 1.82) is 0 Å². The molecule has 0 saturated carbocycles. The number of benzene rings is 1. The Balaban J connectivity index is 1.64. The van der Waals surface area contributed by atoms with Crippen molar-refractivity contribution >= 4 is 27.3 Å². The number of nitrogens with zero attached hydrogens (tertiary/aromatic N) is 3. The lowest BCUT2D eigenvalue weighted by Gasteiger charge is -2.31. The van der Waals surface area contributed by atoms with Gasteiger partial charge in [-0.1, -0.05) is 22.7 Å². The van der Waals surface area contributed by atoms with Crippen LogP contribution >= 0.6 is 11.5 Å². The molecule has 9 heteroatoms. The number of piperidine rings is 1. The molecule has 3 rings (SSSR count). The third-order valence-corrected chi connectivity index (χ3v) is 7.14. The lowest BCUT2D eigenvalue weighted by Crippen LogP contribution is -2.39. The first-order valence-electron chi connectivity index (χ1n) is 8.32. The van der Waals surface area contributed by atoms with Crippen molar-refractivity contribution in [2.75, 3.05) is 26.5 Å². The number of carbonyl (C=O) groups excluding carboxylic acids is 1. The molecule has 0 bridgehead atoms. The second kappa shape index (κ2) is 7.71. The van der Waals surface area contributed by atoms with E-state index in [0.29, 0.717) is 43.8 Å². The number of aromatic nitrogens is 2. The van der Waals surface area contributed by atoms with Gasteiger partial charge in [-0.05, 0) is 18.9 Å². The smallest absolute Gasteiger partial charge is 0.227 e. The lowest BCUT2D eigenvalue weighted by atomic mass is 9.94. The van der Waals surface area contributed by atoms with Crippen molar-refractivity contribution in [3.63, 3.8) is 0 Å². The highest BCUT2D eigenvalue weighted by Gasteiger charge is 2.30. The van der Waals surface area contributed by atoms with Gasteiger partial charge in [0.15, 0.2) is 14.0 Å². The SMILES string of the molecule is COc1ccccc1CC(=O)N1CCC(c2nnsc2S(C)(=O)=O)CC1. The molecular formula is C17H21N3O4S2. The Bertz CT molecular complexity index is 887. The molecule has 1 aromatic heterocycles. The fraction of sp³-hybridized carbons (Fsp3) is 0.471. The van der Waals surface area contributed by atoms with Crippen molar-refractivity contribution in [3.8, 4) is 5.75 Å². The zero-order valence-corrected chi connectivity index (χ0v) is 16.3. The number of hydrogen-bond acceptors (Lipinski definition) is 7. The van der Waals surface area contributed by atoms with Gasteiger partial charge in [0.05, 0.1) is 19.2 Å². The molecule has 2 aromatic rings. The summed E-state index contributed by atoms with van der Waals surface area (Å²) in [5.41, 5.74) is 1.42. The standard InChI is InChI=1S/C17H21N3O4S2/c1-24-14-6-4-3-5-13(14)11-15(21)20-9-7-12(8-10-20)16-17(25-19-18-16)26(2,22)23/h3-6,12H,7-11H2,1-2H3. The van der Waals surface area contributed by atoms with E-state index >= 15 is 0 Å². The average Bonchev–Trinajstić information content (AvgIpc) is 3.12. The largest absolute Gasteiger partial charge is 0.496 e. The van der Waals surface area contributed by atoms with Gasteiger partial charge in [-0.3, -0.25) is 4.79 Å². The van der Waals surface area contributed by atoms with Crippen molar-refractivity contribution in [3.05, 3.63) is 35.5 Å². The van der Waals surface area contributed by atoms with Gasteiger partial charge in [0, 0.05) is 42.4 Å². The van der Waals surface area contributed by atoms with Crippen LogP contribution in [-0.4, -0.2) is 55.3 Å². The Morgan fingerprint density at radius 2 is 2.00 bits per heavy atom.